The van der Waals surface area contributed by atoms with Crippen LogP contribution in [-0.2, 0) is 13.2 Å². The van der Waals surface area contributed by atoms with Gasteiger partial charge in [-0.25, -0.2) is 4.39 Å². The van der Waals surface area contributed by atoms with Gasteiger partial charge in [0.1, 0.15) is 23.9 Å². The Morgan fingerprint density at radius 1 is 1.10 bits per heavy atom. The molecule has 0 aromatic heterocycles. The molecule has 0 saturated heterocycles. The number of rotatable bonds is 7. The Labute approximate surface area is 124 Å². The maximum atomic E-state index is 12.9. The highest BCUT2D eigenvalue weighted by Crippen LogP contribution is 2.22. The second-order valence-corrected chi connectivity index (χ2v) is 4.67. The van der Waals surface area contributed by atoms with Gasteiger partial charge in [-0.15, -0.1) is 0 Å². The zero-order chi connectivity index (χ0) is 15.1. The second-order valence-electron chi connectivity index (χ2n) is 4.67. The van der Waals surface area contributed by atoms with Crippen molar-refractivity contribution < 1.29 is 13.9 Å². The van der Waals surface area contributed by atoms with E-state index in [1.54, 1.807) is 19.2 Å². The minimum Gasteiger partial charge on any atom is -0.496 e. The first-order valence-electron chi connectivity index (χ1n) is 6.97. The molecule has 112 valence electrons. The first-order valence-corrected chi connectivity index (χ1v) is 6.97. The molecule has 0 spiro atoms. The van der Waals surface area contributed by atoms with E-state index in [1.165, 1.54) is 17.7 Å². The zero-order valence-electron chi connectivity index (χ0n) is 12.4. The molecule has 0 unspecified atom stereocenters. The van der Waals surface area contributed by atoms with E-state index in [-0.39, 0.29) is 5.82 Å². The smallest absolute Gasteiger partial charge is 0.125 e. The van der Waals surface area contributed by atoms with Gasteiger partial charge >= 0.3 is 0 Å². The molecule has 0 heterocycles. The topological polar surface area (TPSA) is 30.5 Å². The molecule has 0 aliphatic carbocycles. The lowest BCUT2D eigenvalue weighted by Gasteiger charge is -2.12. The normalized spacial score (nSPS) is 10.4. The van der Waals surface area contributed by atoms with Crippen molar-refractivity contribution in [1.82, 2.24) is 5.32 Å². The van der Waals surface area contributed by atoms with E-state index in [9.17, 15) is 4.39 Å². The highest BCUT2D eigenvalue weighted by Gasteiger charge is 2.06. The molecule has 0 radical (unpaired) electrons. The van der Waals surface area contributed by atoms with Crippen LogP contribution in [0.4, 0.5) is 4.39 Å². The van der Waals surface area contributed by atoms with E-state index in [0.717, 1.165) is 24.4 Å². The van der Waals surface area contributed by atoms with Crippen molar-refractivity contribution in [3.63, 3.8) is 0 Å². The standard InChI is InChI=1S/C17H20FNO2/c1-3-19-11-13-4-9-17(20-2)14(10-13)12-21-16-7-5-15(18)6-8-16/h4-10,19H,3,11-12H2,1-2H3. The summed E-state index contributed by atoms with van der Waals surface area (Å²) in [5.74, 6) is 1.15. The Balaban J connectivity index is 2.07. The van der Waals surface area contributed by atoms with Crippen LogP contribution in [0.5, 0.6) is 11.5 Å². The Bertz CT molecular complexity index is 570. The Kier molecular flexibility index (Phi) is 5.58. The van der Waals surface area contributed by atoms with Crippen LogP contribution in [0.1, 0.15) is 18.1 Å². The monoisotopic (exact) mass is 289 g/mol. The molecular weight excluding hydrogens is 269 g/mol. The van der Waals surface area contributed by atoms with Gasteiger partial charge in [-0.1, -0.05) is 13.0 Å². The summed E-state index contributed by atoms with van der Waals surface area (Å²) in [6, 6.07) is 12.0. The number of nitrogens with one attached hydrogen (secondary N) is 1. The number of hydrogen-bond donors (Lipinski definition) is 1. The van der Waals surface area contributed by atoms with Gasteiger partial charge < -0.3 is 14.8 Å². The minimum absolute atomic E-state index is 0.271. The molecule has 0 bridgehead atoms. The predicted octanol–water partition coefficient (Wildman–Crippen LogP) is 3.52. The largest absolute Gasteiger partial charge is 0.496 e. The van der Waals surface area contributed by atoms with Gasteiger partial charge in [-0.2, -0.15) is 0 Å². The van der Waals surface area contributed by atoms with Crippen LogP contribution in [0.2, 0.25) is 0 Å². The zero-order valence-corrected chi connectivity index (χ0v) is 12.4. The lowest BCUT2D eigenvalue weighted by atomic mass is 10.1. The van der Waals surface area contributed by atoms with Crippen LogP contribution in [-0.4, -0.2) is 13.7 Å². The fourth-order valence-corrected chi connectivity index (χ4v) is 2.02. The van der Waals surface area contributed by atoms with E-state index < -0.39 is 0 Å². The molecule has 2 aromatic carbocycles. The molecule has 0 aliphatic heterocycles. The molecule has 0 fully saturated rings. The van der Waals surface area contributed by atoms with Crippen molar-refractivity contribution in [3.05, 3.63) is 59.4 Å². The van der Waals surface area contributed by atoms with Gasteiger partial charge in [-0.05, 0) is 48.5 Å². The van der Waals surface area contributed by atoms with Crippen molar-refractivity contribution in [1.29, 1.82) is 0 Å². The van der Waals surface area contributed by atoms with Crippen LogP contribution < -0.4 is 14.8 Å². The van der Waals surface area contributed by atoms with Crippen LogP contribution in [0.25, 0.3) is 0 Å². The lowest BCUT2D eigenvalue weighted by molar-refractivity contribution is 0.296. The molecule has 21 heavy (non-hydrogen) atoms. The number of benzene rings is 2. The van der Waals surface area contributed by atoms with Crippen LogP contribution >= 0.6 is 0 Å². The number of hydrogen-bond acceptors (Lipinski definition) is 3. The Hall–Kier alpha value is -2.07. The molecule has 0 aliphatic rings. The average Bonchev–Trinajstić information content (AvgIpc) is 2.52. The molecule has 4 heteroatoms. The Morgan fingerprint density at radius 2 is 1.86 bits per heavy atom. The fourth-order valence-electron chi connectivity index (χ4n) is 2.02. The van der Waals surface area contributed by atoms with E-state index in [1.807, 2.05) is 12.1 Å². The van der Waals surface area contributed by atoms with Crippen LogP contribution in [0.3, 0.4) is 0 Å². The van der Waals surface area contributed by atoms with Gasteiger partial charge in [0.2, 0.25) is 0 Å². The quantitative estimate of drug-likeness (QED) is 0.846. The van der Waals surface area contributed by atoms with Crippen molar-refractivity contribution in [2.75, 3.05) is 13.7 Å². The molecule has 0 atom stereocenters. The summed E-state index contributed by atoms with van der Waals surface area (Å²) in [5, 5.41) is 3.29. The van der Waals surface area contributed by atoms with Crippen LogP contribution in [0.15, 0.2) is 42.5 Å². The van der Waals surface area contributed by atoms with Gasteiger partial charge in [-0.3, -0.25) is 0 Å². The van der Waals surface area contributed by atoms with Crippen molar-refractivity contribution in [2.45, 2.75) is 20.1 Å². The van der Waals surface area contributed by atoms with E-state index in [0.29, 0.717) is 12.4 Å². The molecule has 2 aromatic rings. The number of methoxy groups -OCH3 is 1. The SMILES string of the molecule is CCNCc1ccc(OC)c(COc2ccc(F)cc2)c1. The highest BCUT2D eigenvalue weighted by atomic mass is 19.1. The number of halogens is 1. The number of ether oxygens (including phenoxy) is 2. The van der Waals surface area contributed by atoms with E-state index in [2.05, 4.69) is 18.3 Å². The molecule has 1 N–H and O–H groups in total. The summed E-state index contributed by atoms with van der Waals surface area (Å²) in [7, 11) is 1.64. The maximum Gasteiger partial charge on any atom is 0.125 e. The molecule has 3 nitrogen and oxygen atoms in total. The van der Waals surface area contributed by atoms with Gasteiger partial charge in [0.15, 0.2) is 0 Å². The third-order valence-corrected chi connectivity index (χ3v) is 3.13. The summed E-state index contributed by atoms with van der Waals surface area (Å²) in [4.78, 5) is 0. The second kappa shape index (κ2) is 7.64. The molecule has 0 amide bonds. The first-order chi connectivity index (χ1) is 10.2. The summed E-state index contributed by atoms with van der Waals surface area (Å²) >= 11 is 0. The molecular formula is C17H20FNO2. The third kappa shape index (κ3) is 4.46. The fraction of sp³-hybridized carbons (Fsp3) is 0.294. The average molecular weight is 289 g/mol. The summed E-state index contributed by atoms with van der Waals surface area (Å²) < 4.78 is 23.9. The first kappa shape index (κ1) is 15.3. The molecule has 2 rings (SSSR count). The summed E-state index contributed by atoms with van der Waals surface area (Å²) in [5.41, 5.74) is 2.15. The van der Waals surface area contributed by atoms with Gasteiger partial charge in [0.25, 0.3) is 0 Å². The summed E-state index contributed by atoms with van der Waals surface area (Å²) in [6.07, 6.45) is 0. The maximum absolute atomic E-state index is 12.9. The van der Waals surface area contributed by atoms with Crippen molar-refractivity contribution in [3.8, 4) is 11.5 Å². The van der Waals surface area contributed by atoms with Crippen molar-refractivity contribution in [2.24, 2.45) is 0 Å². The third-order valence-electron chi connectivity index (χ3n) is 3.13. The van der Waals surface area contributed by atoms with E-state index >= 15 is 0 Å². The van der Waals surface area contributed by atoms with Gasteiger partial charge in [0, 0.05) is 12.1 Å². The predicted molar refractivity (Wildman–Crippen MR) is 81.1 cm³/mol. The van der Waals surface area contributed by atoms with E-state index in [4.69, 9.17) is 9.47 Å². The minimum atomic E-state index is -0.271. The van der Waals surface area contributed by atoms with Gasteiger partial charge in [0.05, 0.1) is 7.11 Å². The van der Waals surface area contributed by atoms with Crippen LogP contribution in [0, 0.1) is 5.82 Å². The summed E-state index contributed by atoms with van der Waals surface area (Å²) in [6.45, 7) is 4.19. The van der Waals surface area contributed by atoms with Crippen molar-refractivity contribution >= 4 is 0 Å². The lowest BCUT2D eigenvalue weighted by Crippen LogP contribution is -2.12. The Morgan fingerprint density at radius 3 is 2.52 bits per heavy atom. The molecule has 0 saturated carbocycles. The highest BCUT2D eigenvalue weighted by molar-refractivity contribution is 5.37.